The smallest absolute Gasteiger partial charge is 0.212 e. The van der Waals surface area contributed by atoms with E-state index in [2.05, 4.69) is 5.10 Å². The van der Waals surface area contributed by atoms with E-state index in [1.165, 1.54) is 35.1 Å². The minimum atomic E-state index is -3.27. The van der Waals surface area contributed by atoms with Gasteiger partial charge in [0.25, 0.3) is 0 Å². The predicted molar refractivity (Wildman–Crippen MR) is 75.9 cm³/mol. The maximum Gasteiger partial charge on any atom is 0.212 e. The van der Waals surface area contributed by atoms with E-state index < -0.39 is 9.84 Å². The molecule has 2 aromatic rings. The maximum atomic E-state index is 12.4. The van der Waals surface area contributed by atoms with Gasteiger partial charge in [0.2, 0.25) is 5.78 Å². The summed E-state index contributed by atoms with van der Waals surface area (Å²) in [6, 6.07) is 5.76. The summed E-state index contributed by atoms with van der Waals surface area (Å²) >= 11 is 5.97. The Labute approximate surface area is 122 Å². The van der Waals surface area contributed by atoms with Crippen molar-refractivity contribution in [1.82, 2.24) is 9.78 Å². The molecule has 1 heterocycles. The van der Waals surface area contributed by atoms with Crippen LogP contribution in [0.5, 0.6) is 0 Å². The van der Waals surface area contributed by atoms with Crippen LogP contribution in [0.15, 0.2) is 35.4 Å². The zero-order valence-electron chi connectivity index (χ0n) is 11.0. The quantitative estimate of drug-likeness (QED) is 0.812. The molecule has 0 fully saturated rings. The number of sulfone groups is 1. The summed E-state index contributed by atoms with van der Waals surface area (Å²) < 4.78 is 24.3. The van der Waals surface area contributed by atoms with E-state index in [1.807, 2.05) is 6.92 Å². The Morgan fingerprint density at radius 3 is 2.40 bits per heavy atom. The normalized spacial score (nSPS) is 11.6. The van der Waals surface area contributed by atoms with Crippen molar-refractivity contribution in [2.45, 2.75) is 18.4 Å². The molecule has 0 amide bonds. The van der Waals surface area contributed by atoms with Crippen LogP contribution in [0.4, 0.5) is 0 Å². The number of aryl methyl sites for hydroxylation is 1. The molecule has 0 radical (unpaired) electrons. The zero-order valence-corrected chi connectivity index (χ0v) is 12.6. The first-order valence-corrected chi connectivity index (χ1v) is 8.17. The lowest BCUT2D eigenvalue weighted by molar-refractivity contribution is 0.102. The number of carbonyl (C=O) groups is 1. The van der Waals surface area contributed by atoms with E-state index in [0.29, 0.717) is 17.8 Å². The van der Waals surface area contributed by atoms with Crippen molar-refractivity contribution >= 4 is 27.2 Å². The SMILES string of the molecule is CCn1ncc(Cl)c1C(=O)c1ccc(S(C)(=O)=O)cc1. The summed E-state index contributed by atoms with van der Waals surface area (Å²) in [7, 11) is -3.27. The fourth-order valence-corrected chi connectivity index (χ4v) is 2.68. The molecule has 0 saturated carbocycles. The molecule has 1 aromatic heterocycles. The highest BCUT2D eigenvalue weighted by Gasteiger charge is 2.19. The number of hydrogen-bond acceptors (Lipinski definition) is 4. The molecule has 0 bridgehead atoms. The van der Waals surface area contributed by atoms with Crippen molar-refractivity contribution in [2.24, 2.45) is 0 Å². The number of rotatable bonds is 4. The van der Waals surface area contributed by atoms with Crippen LogP contribution in [0, 0.1) is 0 Å². The second-order valence-electron chi connectivity index (χ2n) is 4.28. The van der Waals surface area contributed by atoms with E-state index in [1.54, 1.807) is 0 Å². The lowest BCUT2D eigenvalue weighted by atomic mass is 10.1. The summed E-state index contributed by atoms with van der Waals surface area (Å²) in [5.41, 5.74) is 0.677. The van der Waals surface area contributed by atoms with Crippen molar-refractivity contribution in [3.63, 3.8) is 0 Å². The number of benzene rings is 1. The van der Waals surface area contributed by atoms with Crippen LogP contribution in [-0.2, 0) is 16.4 Å². The number of carbonyl (C=O) groups excluding carboxylic acids is 1. The standard InChI is InChI=1S/C13H13ClN2O3S/c1-3-16-12(11(14)8-15-16)13(17)9-4-6-10(7-5-9)20(2,18)19/h4-8H,3H2,1-2H3. The maximum absolute atomic E-state index is 12.4. The first-order valence-electron chi connectivity index (χ1n) is 5.90. The van der Waals surface area contributed by atoms with Crippen molar-refractivity contribution < 1.29 is 13.2 Å². The number of nitrogens with zero attached hydrogens (tertiary/aromatic N) is 2. The number of ketones is 1. The van der Waals surface area contributed by atoms with Crippen LogP contribution in [-0.4, -0.2) is 30.2 Å². The average molecular weight is 313 g/mol. The summed E-state index contributed by atoms with van der Waals surface area (Å²) in [6.45, 7) is 2.38. The van der Waals surface area contributed by atoms with E-state index in [-0.39, 0.29) is 15.7 Å². The Kier molecular flexibility index (Phi) is 3.96. The molecule has 0 spiro atoms. The predicted octanol–water partition coefficient (Wildman–Crippen LogP) is 2.19. The molecule has 0 N–H and O–H groups in total. The molecule has 5 nitrogen and oxygen atoms in total. The minimum Gasteiger partial charge on any atom is -0.287 e. The number of aromatic nitrogens is 2. The summed E-state index contributed by atoms with van der Waals surface area (Å²) in [6.07, 6.45) is 2.54. The molecule has 0 saturated heterocycles. The lowest BCUT2D eigenvalue weighted by Crippen LogP contribution is -2.11. The van der Waals surface area contributed by atoms with E-state index in [4.69, 9.17) is 11.6 Å². The molecule has 106 valence electrons. The Morgan fingerprint density at radius 1 is 1.30 bits per heavy atom. The van der Waals surface area contributed by atoms with Crippen molar-refractivity contribution in [3.8, 4) is 0 Å². The van der Waals surface area contributed by atoms with Crippen LogP contribution in [0.3, 0.4) is 0 Å². The topological polar surface area (TPSA) is 69.0 Å². The third-order valence-electron chi connectivity index (χ3n) is 2.85. The lowest BCUT2D eigenvalue weighted by Gasteiger charge is -2.05. The van der Waals surface area contributed by atoms with Gasteiger partial charge in [0, 0.05) is 18.4 Å². The number of hydrogen-bond donors (Lipinski definition) is 0. The Bertz CT molecular complexity index is 748. The van der Waals surface area contributed by atoms with E-state index in [9.17, 15) is 13.2 Å². The summed E-state index contributed by atoms with van der Waals surface area (Å²) in [5.74, 6) is -0.283. The van der Waals surface area contributed by atoms with Gasteiger partial charge < -0.3 is 0 Å². The highest BCUT2D eigenvalue weighted by molar-refractivity contribution is 7.90. The molecule has 0 aliphatic rings. The van der Waals surface area contributed by atoms with Gasteiger partial charge in [0.1, 0.15) is 5.69 Å². The summed E-state index contributed by atoms with van der Waals surface area (Å²) in [4.78, 5) is 12.5. The van der Waals surface area contributed by atoms with Gasteiger partial charge in [-0.3, -0.25) is 9.48 Å². The van der Waals surface area contributed by atoms with Gasteiger partial charge in [-0.05, 0) is 31.2 Å². The second-order valence-corrected chi connectivity index (χ2v) is 6.71. The third-order valence-corrected chi connectivity index (χ3v) is 4.26. The molecular weight excluding hydrogens is 300 g/mol. The van der Waals surface area contributed by atoms with Crippen LogP contribution in [0.2, 0.25) is 5.02 Å². The molecule has 0 aliphatic heterocycles. The van der Waals surface area contributed by atoms with E-state index in [0.717, 1.165) is 6.26 Å². The average Bonchev–Trinajstić information content (AvgIpc) is 2.78. The third kappa shape index (κ3) is 2.76. The summed E-state index contributed by atoms with van der Waals surface area (Å²) in [5, 5.41) is 4.29. The van der Waals surface area contributed by atoms with Gasteiger partial charge in [-0.2, -0.15) is 5.10 Å². The highest BCUT2D eigenvalue weighted by Crippen LogP contribution is 2.20. The van der Waals surface area contributed by atoms with Crippen LogP contribution < -0.4 is 0 Å². The van der Waals surface area contributed by atoms with Gasteiger partial charge >= 0.3 is 0 Å². The van der Waals surface area contributed by atoms with Crippen molar-refractivity contribution in [2.75, 3.05) is 6.26 Å². The van der Waals surface area contributed by atoms with Crippen LogP contribution >= 0.6 is 11.6 Å². The van der Waals surface area contributed by atoms with Gasteiger partial charge in [0.15, 0.2) is 9.84 Å². The van der Waals surface area contributed by atoms with Crippen LogP contribution in [0.25, 0.3) is 0 Å². The molecule has 7 heteroatoms. The Hall–Kier alpha value is -1.66. The Morgan fingerprint density at radius 2 is 1.90 bits per heavy atom. The fourth-order valence-electron chi connectivity index (χ4n) is 1.82. The van der Waals surface area contributed by atoms with Crippen molar-refractivity contribution in [1.29, 1.82) is 0 Å². The largest absolute Gasteiger partial charge is 0.287 e. The molecule has 20 heavy (non-hydrogen) atoms. The van der Waals surface area contributed by atoms with Gasteiger partial charge in [-0.25, -0.2) is 8.42 Å². The van der Waals surface area contributed by atoms with Gasteiger partial charge in [-0.1, -0.05) is 11.6 Å². The molecule has 2 rings (SSSR count). The molecule has 1 aromatic carbocycles. The molecular formula is C13H13ClN2O3S. The molecule has 0 unspecified atom stereocenters. The first kappa shape index (κ1) is 14.7. The molecule has 0 atom stereocenters. The first-order chi connectivity index (χ1) is 9.34. The molecule has 0 aliphatic carbocycles. The second kappa shape index (κ2) is 5.38. The fraction of sp³-hybridized carbons (Fsp3) is 0.231. The van der Waals surface area contributed by atoms with E-state index >= 15 is 0 Å². The minimum absolute atomic E-state index is 0.171. The highest BCUT2D eigenvalue weighted by atomic mass is 35.5. The number of halogens is 1. The monoisotopic (exact) mass is 312 g/mol. The Balaban J connectivity index is 2.42. The van der Waals surface area contributed by atoms with Gasteiger partial charge in [0.05, 0.1) is 16.1 Å². The van der Waals surface area contributed by atoms with Crippen molar-refractivity contribution in [3.05, 3.63) is 46.7 Å². The van der Waals surface area contributed by atoms with Crippen LogP contribution in [0.1, 0.15) is 23.0 Å². The van der Waals surface area contributed by atoms with Gasteiger partial charge in [-0.15, -0.1) is 0 Å². The zero-order chi connectivity index (χ0) is 14.9.